The monoisotopic (exact) mass is 367 g/mol. The van der Waals surface area contributed by atoms with Crippen LogP contribution in [0.5, 0.6) is 0 Å². The lowest BCUT2D eigenvalue weighted by Crippen LogP contribution is -2.21. The molecule has 0 radical (unpaired) electrons. The fourth-order valence-electron chi connectivity index (χ4n) is 2.20. The summed E-state index contributed by atoms with van der Waals surface area (Å²) >= 11 is 5.84. The van der Waals surface area contributed by atoms with E-state index in [1.165, 1.54) is 24.4 Å². The molecule has 1 N–H and O–H groups in total. The molecule has 6 nitrogen and oxygen atoms in total. The van der Waals surface area contributed by atoms with E-state index in [0.717, 1.165) is 0 Å². The molecule has 1 heterocycles. The Bertz CT molecular complexity index is 977. The predicted octanol–water partition coefficient (Wildman–Crippen LogP) is 2.73. The molecule has 0 aliphatic heterocycles. The van der Waals surface area contributed by atoms with Gasteiger partial charge < -0.3 is 14.3 Å². The SMILES string of the molecule is O=C([O-])c1ccc(-c2ccc(/C=N\NC(=O)c3cccc(Cl)c3)o2)cc1. The Balaban J connectivity index is 1.65. The van der Waals surface area contributed by atoms with Crippen LogP contribution in [0, 0.1) is 0 Å². The fraction of sp³-hybridized carbons (Fsp3) is 0. The summed E-state index contributed by atoms with van der Waals surface area (Å²) in [6.45, 7) is 0. The maximum atomic E-state index is 11.9. The van der Waals surface area contributed by atoms with Crippen molar-refractivity contribution in [2.24, 2.45) is 5.10 Å². The molecule has 2 aromatic carbocycles. The summed E-state index contributed by atoms with van der Waals surface area (Å²) in [5.74, 6) is -0.666. The minimum atomic E-state index is -1.24. The Morgan fingerprint density at radius 2 is 1.81 bits per heavy atom. The number of benzene rings is 2. The van der Waals surface area contributed by atoms with Gasteiger partial charge in [0, 0.05) is 16.1 Å². The highest BCUT2D eigenvalue weighted by atomic mass is 35.5. The Labute approximate surface area is 153 Å². The van der Waals surface area contributed by atoms with Crippen LogP contribution in [0.4, 0.5) is 0 Å². The van der Waals surface area contributed by atoms with Crippen LogP contribution in [0.3, 0.4) is 0 Å². The topological polar surface area (TPSA) is 94.7 Å². The average molecular weight is 368 g/mol. The summed E-state index contributed by atoms with van der Waals surface area (Å²) in [6, 6.07) is 16.0. The first-order valence-electron chi connectivity index (χ1n) is 7.53. The van der Waals surface area contributed by atoms with Crippen LogP contribution >= 0.6 is 11.6 Å². The highest BCUT2D eigenvalue weighted by Gasteiger charge is 2.06. The smallest absolute Gasteiger partial charge is 0.271 e. The Hall–Kier alpha value is -3.38. The van der Waals surface area contributed by atoms with Crippen LogP contribution < -0.4 is 10.5 Å². The van der Waals surface area contributed by atoms with Crippen LogP contribution in [-0.2, 0) is 0 Å². The molecule has 0 fully saturated rings. The number of nitrogens with one attached hydrogen (secondary N) is 1. The molecule has 3 aromatic rings. The molecule has 26 heavy (non-hydrogen) atoms. The first-order chi connectivity index (χ1) is 12.5. The number of hydrogen-bond donors (Lipinski definition) is 1. The van der Waals surface area contributed by atoms with E-state index in [1.807, 2.05) is 0 Å². The predicted molar refractivity (Wildman–Crippen MR) is 95.0 cm³/mol. The number of rotatable bonds is 5. The number of hydrogen-bond acceptors (Lipinski definition) is 5. The normalized spacial score (nSPS) is 10.8. The lowest BCUT2D eigenvalue weighted by atomic mass is 10.1. The third kappa shape index (κ3) is 4.17. The van der Waals surface area contributed by atoms with Gasteiger partial charge in [0.2, 0.25) is 0 Å². The summed E-state index contributed by atoms with van der Waals surface area (Å²) in [4.78, 5) is 22.7. The number of aromatic carboxylic acids is 1. The van der Waals surface area contributed by atoms with Crippen molar-refractivity contribution in [3.63, 3.8) is 0 Å². The number of hydrazone groups is 1. The van der Waals surface area contributed by atoms with Gasteiger partial charge in [-0.1, -0.05) is 41.9 Å². The second-order valence-electron chi connectivity index (χ2n) is 5.28. The van der Waals surface area contributed by atoms with Crippen molar-refractivity contribution in [2.75, 3.05) is 0 Å². The van der Waals surface area contributed by atoms with Crippen LogP contribution in [0.2, 0.25) is 5.02 Å². The first kappa shape index (κ1) is 17.4. The minimum absolute atomic E-state index is 0.0887. The van der Waals surface area contributed by atoms with E-state index in [1.54, 1.807) is 42.5 Å². The molecule has 0 saturated heterocycles. The number of carbonyl (C=O) groups is 2. The van der Waals surface area contributed by atoms with Crippen molar-refractivity contribution in [3.8, 4) is 11.3 Å². The van der Waals surface area contributed by atoms with E-state index in [0.29, 0.717) is 27.7 Å². The summed E-state index contributed by atoms with van der Waals surface area (Å²) in [5, 5.41) is 15.1. The van der Waals surface area contributed by atoms with Gasteiger partial charge in [0.1, 0.15) is 11.5 Å². The molecule has 130 valence electrons. The highest BCUT2D eigenvalue weighted by molar-refractivity contribution is 6.30. The molecule has 7 heteroatoms. The van der Waals surface area contributed by atoms with E-state index in [9.17, 15) is 14.7 Å². The van der Waals surface area contributed by atoms with Gasteiger partial charge in [-0.25, -0.2) is 5.43 Å². The number of furan rings is 1. The van der Waals surface area contributed by atoms with Gasteiger partial charge in [-0.15, -0.1) is 0 Å². The Morgan fingerprint density at radius 1 is 1.04 bits per heavy atom. The van der Waals surface area contributed by atoms with Crippen molar-refractivity contribution in [2.45, 2.75) is 0 Å². The molecule has 0 spiro atoms. The fourth-order valence-corrected chi connectivity index (χ4v) is 2.39. The van der Waals surface area contributed by atoms with Gasteiger partial charge in [0.25, 0.3) is 5.91 Å². The summed E-state index contributed by atoms with van der Waals surface area (Å²) in [6.07, 6.45) is 1.36. The van der Waals surface area contributed by atoms with E-state index >= 15 is 0 Å². The first-order valence-corrected chi connectivity index (χ1v) is 7.91. The maximum Gasteiger partial charge on any atom is 0.271 e. The van der Waals surface area contributed by atoms with Gasteiger partial charge in [0.15, 0.2) is 0 Å². The van der Waals surface area contributed by atoms with Crippen LogP contribution in [0.1, 0.15) is 26.5 Å². The molecular weight excluding hydrogens is 356 g/mol. The summed E-state index contributed by atoms with van der Waals surface area (Å²) < 4.78 is 5.59. The number of halogens is 1. The molecule has 1 aromatic heterocycles. The van der Waals surface area contributed by atoms with Crippen LogP contribution in [-0.4, -0.2) is 18.1 Å². The van der Waals surface area contributed by atoms with E-state index in [2.05, 4.69) is 10.5 Å². The van der Waals surface area contributed by atoms with Crippen LogP contribution in [0.15, 0.2) is 70.2 Å². The lowest BCUT2D eigenvalue weighted by molar-refractivity contribution is -0.255. The second-order valence-corrected chi connectivity index (χ2v) is 5.71. The molecule has 0 atom stereocenters. The van der Waals surface area contributed by atoms with E-state index in [-0.39, 0.29) is 5.56 Å². The van der Waals surface area contributed by atoms with Gasteiger partial charge in [-0.2, -0.15) is 5.10 Å². The number of carbonyl (C=O) groups excluding carboxylic acids is 2. The zero-order valence-electron chi connectivity index (χ0n) is 13.3. The molecular formula is C19H12ClN2O4-. The molecule has 0 saturated carbocycles. The minimum Gasteiger partial charge on any atom is -0.545 e. The molecule has 0 aliphatic rings. The average Bonchev–Trinajstić information content (AvgIpc) is 3.10. The Morgan fingerprint density at radius 3 is 2.50 bits per heavy atom. The van der Waals surface area contributed by atoms with Gasteiger partial charge >= 0.3 is 0 Å². The van der Waals surface area contributed by atoms with Gasteiger partial charge in [0.05, 0.1) is 12.2 Å². The second kappa shape index (κ2) is 7.67. The van der Waals surface area contributed by atoms with Gasteiger partial charge in [-0.05, 0) is 35.9 Å². The quantitative estimate of drug-likeness (QED) is 0.554. The van der Waals surface area contributed by atoms with Crippen molar-refractivity contribution >= 4 is 29.7 Å². The largest absolute Gasteiger partial charge is 0.545 e. The molecule has 1 amide bonds. The number of carboxylic acid groups (broad SMARTS) is 1. The standard InChI is InChI=1S/C19H13ClN2O4/c20-15-3-1-2-14(10-15)18(23)22-21-11-16-8-9-17(26-16)12-4-6-13(7-5-12)19(24)25/h1-11H,(H,22,23)(H,24,25)/p-1/b21-11-. The number of carboxylic acids is 1. The van der Waals surface area contributed by atoms with Crippen LogP contribution in [0.25, 0.3) is 11.3 Å². The third-order valence-corrected chi connectivity index (χ3v) is 3.71. The third-order valence-electron chi connectivity index (χ3n) is 3.48. The van der Waals surface area contributed by atoms with Crippen molar-refractivity contribution in [3.05, 3.63) is 82.6 Å². The number of nitrogens with zero attached hydrogens (tertiary/aromatic N) is 1. The van der Waals surface area contributed by atoms with Gasteiger partial charge in [-0.3, -0.25) is 4.79 Å². The zero-order valence-corrected chi connectivity index (χ0v) is 14.1. The molecule has 0 unspecified atom stereocenters. The van der Waals surface area contributed by atoms with Crippen molar-refractivity contribution in [1.29, 1.82) is 0 Å². The maximum absolute atomic E-state index is 11.9. The molecule has 0 bridgehead atoms. The summed E-state index contributed by atoms with van der Waals surface area (Å²) in [7, 11) is 0. The highest BCUT2D eigenvalue weighted by Crippen LogP contribution is 2.22. The zero-order chi connectivity index (χ0) is 18.5. The van der Waals surface area contributed by atoms with E-state index in [4.69, 9.17) is 16.0 Å². The Kier molecular flexibility index (Phi) is 5.15. The molecule has 3 rings (SSSR count). The lowest BCUT2D eigenvalue weighted by Gasteiger charge is -2.02. The summed E-state index contributed by atoms with van der Waals surface area (Å²) in [5.41, 5.74) is 3.57. The molecule has 0 aliphatic carbocycles. The van der Waals surface area contributed by atoms with Crippen molar-refractivity contribution < 1.29 is 19.1 Å². The van der Waals surface area contributed by atoms with E-state index < -0.39 is 11.9 Å². The van der Waals surface area contributed by atoms with Crippen molar-refractivity contribution in [1.82, 2.24) is 5.43 Å². The number of amides is 1.